The van der Waals surface area contributed by atoms with Crippen LogP contribution in [0, 0.1) is 11.7 Å². The SMILES string of the molecule is O=C(C1CCCC1)N(CC(O)c1ccc(F)cc1)C1CC1. The first kappa shape index (κ1) is 14.5. The van der Waals surface area contributed by atoms with Crippen LogP contribution in [0.3, 0.4) is 0 Å². The predicted octanol–water partition coefficient (Wildman–Crippen LogP) is 3.04. The van der Waals surface area contributed by atoms with Crippen LogP contribution in [0.5, 0.6) is 0 Å². The van der Waals surface area contributed by atoms with Crippen LogP contribution in [0.2, 0.25) is 0 Å². The van der Waals surface area contributed by atoms with E-state index in [0.717, 1.165) is 38.5 Å². The molecule has 4 heteroatoms. The highest BCUT2D eigenvalue weighted by Gasteiger charge is 2.37. The molecule has 3 nitrogen and oxygen atoms in total. The van der Waals surface area contributed by atoms with Gasteiger partial charge in [0, 0.05) is 12.0 Å². The Bertz CT molecular complexity index is 492. The molecular formula is C17H22FNO2. The van der Waals surface area contributed by atoms with E-state index in [0.29, 0.717) is 18.2 Å². The van der Waals surface area contributed by atoms with E-state index in [1.165, 1.54) is 12.1 Å². The third-order valence-corrected chi connectivity index (χ3v) is 4.60. The first-order valence-corrected chi connectivity index (χ1v) is 7.89. The summed E-state index contributed by atoms with van der Waals surface area (Å²) in [4.78, 5) is 14.5. The van der Waals surface area contributed by atoms with Gasteiger partial charge in [-0.05, 0) is 43.4 Å². The fourth-order valence-corrected chi connectivity index (χ4v) is 3.19. The lowest BCUT2D eigenvalue weighted by atomic mass is 10.0. The summed E-state index contributed by atoms with van der Waals surface area (Å²) in [6.45, 7) is 0.325. The van der Waals surface area contributed by atoms with Gasteiger partial charge in [-0.25, -0.2) is 4.39 Å². The van der Waals surface area contributed by atoms with Gasteiger partial charge in [0.1, 0.15) is 5.82 Å². The van der Waals surface area contributed by atoms with Gasteiger partial charge in [0.15, 0.2) is 0 Å². The van der Waals surface area contributed by atoms with E-state index in [1.807, 2.05) is 4.90 Å². The van der Waals surface area contributed by atoms with E-state index in [1.54, 1.807) is 12.1 Å². The van der Waals surface area contributed by atoms with Crippen molar-refractivity contribution < 1.29 is 14.3 Å². The fraction of sp³-hybridized carbons (Fsp3) is 0.588. The number of aliphatic hydroxyl groups is 1. The zero-order valence-corrected chi connectivity index (χ0v) is 12.2. The van der Waals surface area contributed by atoms with Crippen LogP contribution < -0.4 is 0 Å². The number of nitrogens with zero attached hydrogens (tertiary/aromatic N) is 1. The molecule has 1 aromatic carbocycles. The summed E-state index contributed by atoms with van der Waals surface area (Å²) in [5.41, 5.74) is 0.668. The molecule has 0 aliphatic heterocycles. The number of carbonyl (C=O) groups excluding carboxylic acids is 1. The van der Waals surface area contributed by atoms with Crippen molar-refractivity contribution in [1.29, 1.82) is 0 Å². The summed E-state index contributed by atoms with van der Waals surface area (Å²) in [5.74, 6) is 0.0363. The van der Waals surface area contributed by atoms with Gasteiger partial charge < -0.3 is 10.0 Å². The van der Waals surface area contributed by atoms with Crippen LogP contribution in [0.25, 0.3) is 0 Å². The Morgan fingerprint density at radius 1 is 1.19 bits per heavy atom. The summed E-state index contributed by atoms with van der Waals surface area (Å²) in [7, 11) is 0. The second-order valence-electron chi connectivity index (χ2n) is 6.27. The van der Waals surface area contributed by atoms with Gasteiger partial charge in [-0.15, -0.1) is 0 Å². The minimum Gasteiger partial charge on any atom is -0.387 e. The van der Waals surface area contributed by atoms with Crippen LogP contribution in [0.1, 0.15) is 50.2 Å². The average Bonchev–Trinajstić information content (AvgIpc) is 3.18. The van der Waals surface area contributed by atoms with Crippen LogP contribution in [-0.4, -0.2) is 28.5 Å². The number of rotatable bonds is 5. The van der Waals surface area contributed by atoms with Crippen molar-refractivity contribution in [2.24, 2.45) is 5.92 Å². The van der Waals surface area contributed by atoms with Crippen LogP contribution in [0.4, 0.5) is 4.39 Å². The first-order valence-electron chi connectivity index (χ1n) is 7.89. The highest BCUT2D eigenvalue weighted by Crippen LogP contribution is 2.34. The van der Waals surface area contributed by atoms with Gasteiger partial charge in [0.05, 0.1) is 12.6 Å². The van der Waals surface area contributed by atoms with E-state index >= 15 is 0 Å². The molecule has 0 heterocycles. The Morgan fingerprint density at radius 3 is 2.38 bits per heavy atom. The molecule has 1 N–H and O–H groups in total. The standard InChI is InChI=1S/C17H22FNO2/c18-14-7-5-12(6-8-14)16(20)11-19(15-9-10-15)17(21)13-3-1-2-4-13/h5-8,13,15-16,20H,1-4,9-11H2. The molecule has 1 unspecified atom stereocenters. The Balaban J connectivity index is 1.67. The van der Waals surface area contributed by atoms with Crippen molar-refractivity contribution in [3.05, 3.63) is 35.6 Å². The summed E-state index contributed by atoms with van der Waals surface area (Å²) in [5, 5.41) is 10.3. The molecule has 2 saturated carbocycles. The van der Waals surface area contributed by atoms with Crippen molar-refractivity contribution in [3.8, 4) is 0 Å². The van der Waals surface area contributed by atoms with Gasteiger partial charge >= 0.3 is 0 Å². The fourth-order valence-electron chi connectivity index (χ4n) is 3.19. The zero-order chi connectivity index (χ0) is 14.8. The van der Waals surface area contributed by atoms with Crippen LogP contribution in [-0.2, 0) is 4.79 Å². The summed E-state index contributed by atoms with van der Waals surface area (Å²) in [6.07, 6.45) is 5.56. The molecule has 2 aliphatic rings. The third kappa shape index (κ3) is 3.43. The maximum Gasteiger partial charge on any atom is 0.226 e. The Hall–Kier alpha value is -1.42. The highest BCUT2D eigenvalue weighted by atomic mass is 19.1. The van der Waals surface area contributed by atoms with E-state index < -0.39 is 6.10 Å². The van der Waals surface area contributed by atoms with E-state index in [9.17, 15) is 14.3 Å². The highest BCUT2D eigenvalue weighted by molar-refractivity contribution is 5.79. The molecule has 114 valence electrons. The maximum atomic E-state index is 12.9. The monoisotopic (exact) mass is 291 g/mol. The molecule has 2 fully saturated rings. The van der Waals surface area contributed by atoms with E-state index in [4.69, 9.17) is 0 Å². The van der Waals surface area contributed by atoms with Crippen LogP contribution >= 0.6 is 0 Å². The number of carbonyl (C=O) groups is 1. The molecule has 0 aromatic heterocycles. The van der Waals surface area contributed by atoms with Crippen molar-refractivity contribution >= 4 is 5.91 Å². The number of hydrogen-bond acceptors (Lipinski definition) is 2. The molecular weight excluding hydrogens is 269 g/mol. The second kappa shape index (κ2) is 6.14. The Labute approximate surface area is 124 Å². The molecule has 2 aliphatic carbocycles. The Morgan fingerprint density at radius 2 is 1.81 bits per heavy atom. The number of benzene rings is 1. The Kier molecular flexibility index (Phi) is 4.24. The number of aliphatic hydroxyl groups excluding tert-OH is 1. The first-order chi connectivity index (χ1) is 10.1. The summed E-state index contributed by atoms with van der Waals surface area (Å²) < 4.78 is 12.9. The molecule has 0 bridgehead atoms. The van der Waals surface area contributed by atoms with Crippen molar-refractivity contribution in [1.82, 2.24) is 4.90 Å². The van der Waals surface area contributed by atoms with Crippen molar-refractivity contribution in [2.45, 2.75) is 50.7 Å². The van der Waals surface area contributed by atoms with Crippen molar-refractivity contribution in [2.75, 3.05) is 6.54 Å². The topological polar surface area (TPSA) is 40.5 Å². The number of hydrogen-bond donors (Lipinski definition) is 1. The number of amides is 1. The maximum absolute atomic E-state index is 12.9. The van der Waals surface area contributed by atoms with E-state index in [2.05, 4.69) is 0 Å². The molecule has 1 atom stereocenters. The largest absolute Gasteiger partial charge is 0.387 e. The van der Waals surface area contributed by atoms with Gasteiger partial charge in [0.25, 0.3) is 0 Å². The lowest BCUT2D eigenvalue weighted by Gasteiger charge is -2.28. The second-order valence-corrected chi connectivity index (χ2v) is 6.27. The van der Waals surface area contributed by atoms with Crippen LogP contribution in [0.15, 0.2) is 24.3 Å². The minimum atomic E-state index is -0.739. The summed E-state index contributed by atoms with van der Waals surface area (Å²) in [6, 6.07) is 6.17. The van der Waals surface area contributed by atoms with Gasteiger partial charge in [0.2, 0.25) is 5.91 Å². The minimum absolute atomic E-state index is 0.144. The molecule has 0 spiro atoms. The lowest BCUT2D eigenvalue weighted by Crippen LogP contribution is -2.39. The molecule has 1 aromatic rings. The zero-order valence-electron chi connectivity index (χ0n) is 12.2. The van der Waals surface area contributed by atoms with Gasteiger partial charge in [-0.3, -0.25) is 4.79 Å². The third-order valence-electron chi connectivity index (χ3n) is 4.60. The van der Waals surface area contributed by atoms with Gasteiger partial charge in [-0.1, -0.05) is 25.0 Å². The smallest absolute Gasteiger partial charge is 0.226 e. The molecule has 0 saturated heterocycles. The molecule has 1 amide bonds. The predicted molar refractivity (Wildman–Crippen MR) is 78.1 cm³/mol. The van der Waals surface area contributed by atoms with E-state index in [-0.39, 0.29) is 17.6 Å². The molecule has 3 rings (SSSR count). The summed E-state index contributed by atoms with van der Waals surface area (Å²) >= 11 is 0. The molecule has 0 radical (unpaired) electrons. The van der Waals surface area contributed by atoms with Gasteiger partial charge in [-0.2, -0.15) is 0 Å². The lowest BCUT2D eigenvalue weighted by molar-refractivity contribution is -0.137. The average molecular weight is 291 g/mol. The number of halogens is 1. The van der Waals surface area contributed by atoms with Crippen molar-refractivity contribution in [3.63, 3.8) is 0 Å². The normalized spacial score (nSPS) is 20.5. The quantitative estimate of drug-likeness (QED) is 0.906. The molecule has 21 heavy (non-hydrogen) atoms.